The van der Waals surface area contributed by atoms with Crippen LogP contribution < -0.4 is 5.32 Å². The number of rotatable bonds is 4. The van der Waals surface area contributed by atoms with Crippen LogP contribution in [0.3, 0.4) is 0 Å². The molecule has 1 unspecified atom stereocenters. The molecule has 3 nitrogen and oxygen atoms in total. The molecule has 1 aliphatic rings. The van der Waals surface area contributed by atoms with Gasteiger partial charge in [-0.05, 0) is 26.6 Å². The van der Waals surface area contributed by atoms with E-state index in [9.17, 15) is 0 Å². The maximum Gasteiger partial charge on any atom is 0.0345 e. The summed E-state index contributed by atoms with van der Waals surface area (Å²) >= 11 is 0. The zero-order valence-corrected chi connectivity index (χ0v) is 11.8. The number of likely N-dealkylation sites (N-methyl/N-ethyl adjacent to an activating group) is 2. The van der Waals surface area contributed by atoms with E-state index in [4.69, 9.17) is 0 Å². The van der Waals surface area contributed by atoms with Gasteiger partial charge in [0.05, 0.1) is 0 Å². The molecule has 1 aliphatic heterocycles. The van der Waals surface area contributed by atoms with E-state index in [0.29, 0.717) is 6.04 Å². The Morgan fingerprint density at radius 3 is 3.00 bits per heavy atom. The molecule has 0 aliphatic carbocycles. The van der Waals surface area contributed by atoms with Gasteiger partial charge in [0.2, 0.25) is 0 Å². The molecule has 0 saturated carbocycles. The summed E-state index contributed by atoms with van der Waals surface area (Å²) in [6, 6.07) is 9.43. The van der Waals surface area contributed by atoms with Gasteiger partial charge in [0, 0.05) is 38.8 Å². The number of hydrogen-bond acceptors (Lipinski definition) is 3. The fourth-order valence-corrected chi connectivity index (χ4v) is 2.61. The van der Waals surface area contributed by atoms with Gasteiger partial charge in [-0.1, -0.05) is 29.8 Å². The van der Waals surface area contributed by atoms with E-state index in [1.807, 2.05) is 0 Å². The Kier molecular flexibility index (Phi) is 4.75. The van der Waals surface area contributed by atoms with E-state index < -0.39 is 0 Å². The zero-order chi connectivity index (χ0) is 13.0. The van der Waals surface area contributed by atoms with Gasteiger partial charge < -0.3 is 10.2 Å². The standard InChI is InChI=1S/C15H25N3/c1-13-5-4-6-14(9-13)11-17(2)12-15-10-16-7-8-18(15)3/h4-6,9,15-16H,7-8,10-12H2,1-3H3. The molecule has 0 radical (unpaired) electrons. The quantitative estimate of drug-likeness (QED) is 0.866. The molecule has 1 N–H and O–H groups in total. The van der Waals surface area contributed by atoms with Gasteiger partial charge in [-0.3, -0.25) is 4.90 Å². The van der Waals surface area contributed by atoms with E-state index in [1.165, 1.54) is 11.1 Å². The van der Waals surface area contributed by atoms with E-state index in [1.54, 1.807) is 0 Å². The van der Waals surface area contributed by atoms with Gasteiger partial charge in [0.25, 0.3) is 0 Å². The van der Waals surface area contributed by atoms with E-state index in [2.05, 4.69) is 60.4 Å². The predicted octanol–water partition coefficient (Wildman–Crippen LogP) is 1.33. The summed E-state index contributed by atoms with van der Waals surface area (Å²) in [5, 5.41) is 3.48. The summed E-state index contributed by atoms with van der Waals surface area (Å²) in [5.74, 6) is 0. The normalized spacial score (nSPS) is 21.4. The van der Waals surface area contributed by atoms with Crippen LogP contribution in [0.1, 0.15) is 11.1 Å². The van der Waals surface area contributed by atoms with Gasteiger partial charge in [-0.25, -0.2) is 0 Å². The Morgan fingerprint density at radius 2 is 2.28 bits per heavy atom. The van der Waals surface area contributed by atoms with Crippen molar-refractivity contribution >= 4 is 0 Å². The lowest BCUT2D eigenvalue weighted by atomic mass is 10.1. The molecule has 1 atom stereocenters. The number of aryl methyl sites for hydroxylation is 1. The Labute approximate surface area is 111 Å². The maximum atomic E-state index is 3.48. The van der Waals surface area contributed by atoms with Crippen LogP contribution in [0, 0.1) is 6.92 Å². The van der Waals surface area contributed by atoms with Crippen LogP contribution in [0.25, 0.3) is 0 Å². The third kappa shape index (κ3) is 3.80. The molecule has 0 spiro atoms. The lowest BCUT2D eigenvalue weighted by Crippen LogP contribution is -2.53. The summed E-state index contributed by atoms with van der Waals surface area (Å²) in [5.41, 5.74) is 2.75. The van der Waals surface area contributed by atoms with Crippen LogP contribution in [-0.2, 0) is 6.54 Å². The second-order valence-electron chi connectivity index (χ2n) is 5.52. The molecule has 1 saturated heterocycles. The van der Waals surface area contributed by atoms with Crippen molar-refractivity contribution in [2.75, 3.05) is 40.3 Å². The molecule has 1 aromatic carbocycles. The highest BCUT2D eigenvalue weighted by atomic mass is 15.2. The molecule has 2 rings (SSSR count). The molecule has 0 amide bonds. The lowest BCUT2D eigenvalue weighted by molar-refractivity contribution is 0.150. The van der Waals surface area contributed by atoms with Crippen LogP contribution in [-0.4, -0.2) is 56.1 Å². The van der Waals surface area contributed by atoms with Gasteiger partial charge in [0.1, 0.15) is 0 Å². The fourth-order valence-electron chi connectivity index (χ4n) is 2.61. The van der Waals surface area contributed by atoms with Crippen molar-refractivity contribution in [2.45, 2.75) is 19.5 Å². The van der Waals surface area contributed by atoms with Gasteiger partial charge in [-0.2, -0.15) is 0 Å². The first-order chi connectivity index (χ1) is 8.65. The van der Waals surface area contributed by atoms with Crippen molar-refractivity contribution in [3.63, 3.8) is 0 Å². The minimum Gasteiger partial charge on any atom is -0.314 e. The monoisotopic (exact) mass is 247 g/mol. The van der Waals surface area contributed by atoms with Crippen molar-refractivity contribution in [1.29, 1.82) is 0 Å². The SMILES string of the molecule is Cc1cccc(CN(C)CC2CNCCN2C)c1. The number of hydrogen-bond donors (Lipinski definition) is 1. The minimum absolute atomic E-state index is 0.633. The van der Waals surface area contributed by atoms with Crippen molar-refractivity contribution in [1.82, 2.24) is 15.1 Å². The molecule has 0 aromatic heterocycles. The predicted molar refractivity (Wildman–Crippen MR) is 76.8 cm³/mol. The number of piperazine rings is 1. The summed E-state index contributed by atoms with van der Waals surface area (Å²) in [6.45, 7) is 7.69. The molecule has 3 heteroatoms. The highest BCUT2D eigenvalue weighted by molar-refractivity contribution is 5.22. The molecule has 1 fully saturated rings. The smallest absolute Gasteiger partial charge is 0.0345 e. The van der Waals surface area contributed by atoms with Crippen molar-refractivity contribution in [2.24, 2.45) is 0 Å². The van der Waals surface area contributed by atoms with Crippen LogP contribution in [0.2, 0.25) is 0 Å². The molecular weight excluding hydrogens is 222 g/mol. The average molecular weight is 247 g/mol. The highest BCUT2D eigenvalue weighted by Crippen LogP contribution is 2.08. The van der Waals surface area contributed by atoms with Crippen LogP contribution in [0.4, 0.5) is 0 Å². The Balaban J connectivity index is 1.86. The molecule has 1 aromatic rings. The van der Waals surface area contributed by atoms with Crippen LogP contribution in [0.5, 0.6) is 0 Å². The molecule has 18 heavy (non-hydrogen) atoms. The Hall–Kier alpha value is -0.900. The highest BCUT2D eigenvalue weighted by Gasteiger charge is 2.19. The third-order valence-corrected chi connectivity index (χ3v) is 3.70. The average Bonchev–Trinajstić information content (AvgIpc) is 2.32. The van der Waals surface area contributed by atoms with Crippen LogP contribution >= 0.6 is 0 Å². The first-order valence-corrected chi connectivity index (χ1v) is 6.80. The topological polar surface area (TPSA) is 18.5 Å². The van der Waals surface area contributed by atoms with Crippen molar-refractivity contribution < 1.29 is 0 Å². The number of nitrogens with one attached hydrogen (secondary N) is 1. The number of benzene rings is 1. The largest absolute Gasteiger partial charge is 0.314 e. The molecular formula is C15H25N3. The Morgan fingerprint density at radius 1 is 1.44 bits per heavy atom. The van der Waals surface area contributed by atoms with Gasteiger partial charge in [0.15, 0.2) is 0 Å². The van der Waals surface area contributed by atoms with Crippen molar-refractivity contribution in [3.8, 4) is 0 Å². The molecule has 1 heterocycles. The summed E-state index contributed by atoms with van der Waals surface area (Å²) in [6.07, 6.45) is 0. The number of nitrogens with zero attached hydrogens (tertiary/aromatic N) is 2. The first-order valence-electron chi connectivity index (χ1n) is 6.80. The fraction of sp³-hybridized carbons (Fsp3) is 0.600. The molecule has 0 bridgehead atoms. The molecule has 100 valence electrons. The maximum absolute atomic E-state index is 3.48. The minimum atomic E-state index is 0.633. The second-order valence-corrected chi connectivity index (χ2v) is 5.52. The second kappa shape index (κ2) is 6.32. The Bertz CT molecular complexity index is 378. The van der Waals surface area contributed by atoms with Gasteiger partial charge >= 0.3 is 0 Å². The van der Waals surface area contributed by atoms with E-state index in [-0.39, 0.29) is 0 Å². The first kappa shape index (κ1) is 13.5. The van der Waals surface area contributed by atoms with Crippen LogP contribution in [0.15, 0.2) is 24.3 Å². The van der Waals surface area contributed by atoms with Gasteiger partial charge in [-0.15, -0.1) is 0 Å². The summed E-state index contributed by atoms with van der Waals surface area (Å²) < 4.78 is 0. The zero-order valence-electron chi connectivity index (χ0n) is 11.8. The third-order valence-electron chi connectivity index (χ3n) is 3.70. The summed E-state index contributed by atoms with van der Waals surface area (Å²) in [7, 11) is 4.44. The van der Waals surface area contributed by atoms with Crippen molar-refractivity contribution in [3.05, 3.63) is 35.4 Å². The summed E-state index contributed by atoms with van der Waals surface area (Å²) in [4.78, 5) is 4.88. The van der Waals surface area contributed by atoms with E-state index in [0.717, 1.165) is 32.7 Å². The lowest BCUT2D eigenvalue weighted by Gasteiger charge is -2.35. The van der Waals surface area contributed by atoms with E-state index >= 15 is 0 Å².